The van der Waals surface area contributed by atoms with E-state index in [9.17, 15) is 22.0 Å². The van der Waals surface area contributed by atoms with Gasteiger partial charge in [0, 0.05) is 17.3 Å². The van der Waals surface area contributed by atoms with E-state index in [1.807, 2.05) is 0 Å². The lowest BCUT2D eigenvalue weighted by molar-refractivity contribution is -0.0533. The van der Waals surface area contributed by atoms with Crippen LogP contribution in [0.4, 0.5) is 22.0 Å². The molecule has 1 heterocycles. The molecule has 0 bridgehead atoms. The number of hydrogen-bond donors (Lipinski definition) is 0. The molecule has 0 spiro atoms. The Balaban J connectivity index is 2.43. The number of benzene rings is 1. The molecule has 0 aliphatic carbocycles. The largest absolute Gasteiger partial charge is 0.417 e. The van der Waals surface area contributed by atoms with E-state index in [-0.39, 0.29) is 22.9 Å². The van der Waals surface area contributed by atoms with Crippen molar-refractivity contribution in [1.29, 1.82) is 0 Å². The summed E-state index contributed by atoms with van der Waals surface area (Å²) in [7, 11) is 0. The smallest absolute Gasteiger partial charge is 0.388 e. The molecule has 0 N–H and O–H groups in total. The van der Waals surface area contributed by atoms with Crippen molar-refractivity contribution in [1.82, 2.24) is 4.98 Å². The van der Waals surface area contributed by atoms with Crippen LogP contribution in [-0.2, 0) is 5.88 Å². The van der Waals surface area contributed by atoms with E-state index in [0.717, 1.165) is 18.3 Å². The number of aromatic nitrogens is 1. The molecule has 118 valence electrons. The van der Waals surface area contributed by atoms with Gasteiger partial charge in [-0.25, -0.2) is 18.2 Å². The van der Waals surface area contributed by atoms with Gasteiger partial charge in [-0.05, 0) is 23.8 Å². The molecule has 0 unspecified atom stereocenters. The van der Waals surface area contributed by atoms with E-state index in [4.69, 9.17) is 11.6 Å². The highest BCUT2D eigenvalue weighted by Crippen LogP contribution is 2.30. The number of alkyl halides is 5. The topological polar surface area (TPSA) is 22.1 Å². The van der Waals surface area contributed by atoms with E-state index >= 15 is 0 Å². The molecule has 2 aromatic rings. The van der Waals surface area contributed by atoms with Crippen LogP contribution in [0, 0.1) is 5.82 Å². The molecule has 0 aliphatic rings. The number of ether oxygens (including phenoxy) is 1. The van der Waals surface area contributed by atoms with Gasteiger partial charge in [0.2, 0.25) is 5.88 Å². The Bertz CT molecular complexity index is 666. The fraction of sp³-hybridized carbons (Fsp3) is 0.214. The molecule has 8 heteroatoms. The lowest BCUT2D eigenvalue weighted by Gasteiger charge is -2.11. The summed E-state index contributed by atoms with van der Waals surface area (Å²) in [6.45, 7) is -3.06. The summed E-state index contributed by atoms with van der Waals surface area (Å²) in [6, 6.07) is 4.54. The summed E-state index contributed by atoms with van der Waals surface area (Å²) in [5.41, 5.74) is 0.0125. The quantitative estimate of drug-likeness (QED) is 0.555. The van der Waals surface area contributed by atoms with Gasteiger partial charge in [0.15, 0.2) is 0 Å². The van der Waals surface area contributed by atoms with Gasteiger partial charge in [-0.2, -0.15) is 8.78 Å². The summed E-state index contributed by atoms with van der Waals surface area (Å²) in [4.78, 5) is 3.70. The van der Waals surface area contributed by atoms with E-state index in [0.29, 0.717) is 5.56 Å². The number of halogens is 6. The van der Waals surface area contributed by atoms with Crippen molar-refractivity contribution in [3.8, 4) is 17.0 Å². The van der Waals surface area contributed by atoms with Crippen LogP contribution in [0.15, 0.2) is 30.5 Å². The second kappa shape index (κ2) is 6.91. The van der Waals surface area contributed by atoms with Crippen LogP contribution in [-0.4, -0.2) is 11.6 Å². The SMILES string of the molecule is Fc1ccc(-c2cnc(OC(F)F)c(CCl)c2)cc1C(F)F. The molecule has 1 aromatic heterocycles. The van der Waals surface area contributed by atoms with Gasteiger partial charge in [0.05, 0.1) is 11.4 Å². The first-order chi connectivity index (χ1) is 10.4. The van der Waals surface area contributed by atoms with Gasteiger partial charge in [-0.1, -0.05) is 6.07 Å². The summed E-state index contributed by atoms with van der Waals surface area (Å²) in [6.07, 6.45) is -1.81. The average molecular weight is 338 g/mol. The van der Waals surface area contributed by atoms with Crippen molar-refractivity contribution in [3.63, 3.8) is 0 Å². The zero-order valence-electron chi connectivity index (χ0n) is 10.9. The van der Waals surface area contributed by atoms with Crippen LogP contribution in [0.3, 0.4) is 0 Å². The van der Waals surface area contributed by atoms with E-state index in [2.05, 4.69) is 9.72 Å². The van der Waals surface area contributed by atoms with Crippen molar-refractivity contribution in [3.05, 3.63) is 47.4 Å². The molecule has 0 fully saturated rings. The monoisotopic (exact) mass is 337 g/mol. The predicted octanol–water partition coefficient (Wildman–Crippen LogP) is 5.17. The molecule has 2 rings (SSSR count). The first-order valence-corrected chi connectivity index (χ1v) is 6.53. The second-order valence-electron chi connectivity index (χ2n) is 4.24. The molecular weight excluding hydrogens is 329 g/mol. The molecule has 2 nitrogen and oxygen atoms in total. The Morgan fingerprint density at radius 1 is 1.09 bits per heavy atom. The molecule has 22 heavy (non-hydrogen) atoms. The summed E-state index contributed by atoms with van der Waals surface area (Å²) >= 11 is 5.64. The maximum atomic E-state index is 13.3. The van der Waals surface area contributed by atoms with Crippen molar-refractivity contribution in [2.24, 2.45) is 0 Å². The Morgan fingerprint density at radius 3 is 2.41 bits per heavy atom. The summed E-state index contributed by atoms with van der Waals surface area (Å²) in [5, 5.41) is 0. The van der Waals surface area contributed by atoms with Crippen LogP contribution in [0.25, 0.3) is 11.1 Å². The third-order valence-electron chi connectivity index (χ3n) is 2.83. The molecule has 0 amide bonds. The van der Waals surface area contributed by atoms with Gasteiger partial charge in [0.25, 0.3) is 6.43 Å². The lowest BCUT2D eigenvalue weighted by Crippen LogP contribution is -2.06. The molecule has 0 saturated heterocycles. The van der Waals surface area contributed by atoms with E-state index < -0.39 is 24.4 Å². The minimum atomic E-state index is -3.06. The minimum absolute atomic E-state index is 0.161. The molecule has 1 aromatic carbocycles. The van der Waals surface area contributed by atoms with Crippen LogP contribution >= 0.6 is 11.6 Å². The van der Waals surface area contributed by atoms with Crippen molar-refractivity contribution in [2.45, 2.75) is 18.9 Å². The summed E-state index contributed by atoms with van der Waals surface area (Å²) in [5.74, 6) is -1.53. The fourth-order valence-electron chi connectivity index (χ4n) is 1.83. The van der Waals surface area contributed by atoms with Crippen LogP contribution in [0.2, 0.25) is 0 Å². The Kier molecular flexibility index (Phi) is 5.18. The minimum Gasteiger partial charge on any atom is -0.417 e. The fourth-order valence-corrected chi connectivity index (χ4v) is 2.02. The Labute approximate surface area is 127 Å². The highest BCUT2D eigenvalue weighted by Gasteiger charge is 2.16. The van der Waals surface area contributed by atoms with Gasteiger partial charge >= 0.3 is 6.61 Å². The molecule has 0 atom stereocenters. The maximum absolute atomic E-state index is 13.3. The summed E-state index contributed by atoms with van der Waals surface area (Å²) < 4.78 is 67.3. The second-order valence-corrected chi connectivity index (χ2v) is 4.50. The van der Waals surface area contributed by atoms with Crippen molar-refractivity contribution >= 4 is 11.6 Å². The Morgan fingerprint density at radius 2 is 1.82 bits per heavy atom. The molecule has 0 saturated carbocycles. The highest BCUT2D eigenvalue weighted by atomic mass is 35.5. The van der Waals surface area contributed by atoms with E-state index in [1.165, 1.54) is 12.1 Å². The van der Waals surface area contributed by atoms with Crippen LogP contribution in [0.5, 0.6) is 5.88 Å². The zero-order chi connectivity index (χ0) is 16.3. The number of pyridine rings is 1. The molecule has 0 radical (unpaired) electrons. The number of rotatable bonds is 5. The van der Waals surface area contributed by atoms with Gasteiger partial charge < -0.3 is 4.74 Å². The Hall–Kier alpha value is -1.89. The first-order valence-electron chi connectivity index (χ1n) is 6.00. The lowest BCUT2D eigenvalue weighted by atomic mass is 10.0. The number of nitrogens with zero attached hydrogens (tertiary/aromatic N) is 1. The van der Waals surface area contributed by atoms with Crippen LogP contribution < -0.4 is 4.74 Å². The third kappa shape index (κ3) is 3.65. The predicted molar refractivity (Wildman–Crippen MR) is 70.8 cm³/mol. The van der Waals surface area contributed by atoms with Gasteiger partial charge in [0.1, 0.15) is 5.82 Å². The molecule has 0 aliphatic heterocycles. The highest BCUT2D eigenvalue weighted by molar-refractivity contribution is 6.17. The van der Waals surface area contributed by atoms with Crippen molar-refractivity contribution < 1.29 is 26.7 Å². The average Bonchev–Trinajstić information content (AvgIpc) is 2.47. The van der Waals surface area contributed by atoms with Gasteiger partial charge in [-0.3, -0.25) is 0 Å². The third-order valence-corrected chi connectivity index (χ3v) is 3.12. The number of hydrogen-bond acceptors (Lipinski definition) is 2. The zero-order valence-corrected chi connectivity index (χ0v) is 11.6. The maximum Gasteiger partial charge on any atom is 0.388 e. The molecular formula is C14H9ClF5NO. The van der Waals surface area contributed by atoms with Crippen molar-refractivity contribution in [2.75, 3.05) is 0 Å². The van der Waals surface area contributed by atoms with Crippen LogP contribution in [0.1, 0.15) is 17.6 Å². The van der Waals surface area contributed by atoms with E-state index in [1.54, 1.807) is 0 Å². The first kappa shape index (κ1) is 16.5. The normalized spacial score (nSPS) is 11.3. The van der Waals surface area contributed by atoms with Gasteiger partial charge in [-0.15, -0.1) is 11.6 Å². The standard InChI is InChI=1S/C14H9ClF5NO/c15-5-8-3-9(6-21-13(8)22-14(19)20)7-1-2-11(16)10(4-7)12(17)18/h1-4,6,12,14H,5H2.